The summed E-state index contributed by atoms with van der Waals surface area (Å²) in [6.07, 6.45) is 18.3. The van der Waals surface area contributed by atoms with Gasteiger partial charge in [-0.3, -0.25) is 9.59 Å². The van der Waals surface area contributed by atoms with Crippen molar-refractivity contribution in [2.75, 3.05) is 13.2 Å². The molecule has 220 valence electrons. The second kappa shape index (κ2) is 18.1. The van der Waals surface area contributed by atoms with Crippen LogP contribution in [-0.2, 0) is 16.6 Å². The van der Waals surface area contributed by atoms with Crippen LogP contribution in [0, 0.1) is 0 Å². The van der Waals surface area contributed by atoms with Gasteiger partial charge in [-0.2, -0.15) is 0 Å². The van der Waals surface area contributed by atoms with Crippen molar-refractivity contribution in [3.05, 3.63) is 40.8 Å². The number of ether oxygens (including phenoxy) is 2. The van der Waals surface area contributed by atoms with Crippen molar-refractivity contribution in [1.29, 1.82) is 0 Å². The summed E-state index contributed by atoms with van der Waals surface area (Å²) >= 11 is 0. The molecular formula is C33H54N2O4. The number of hydrogen-bond acceptors (Lipinski definition) is 5. The lowest BCUT2D eigenvalue weighted by Gasteiger charge is -2.25. The molecule has 0 saturated carbocycles. The van der Waals surface area contributed by atoms with E-state index in [0.717, 1.165) is 18.2 Å². The number of aromatic nitrogens is 1. The van der Waals surface area contributed by atoms with Crippen LogP contribution in [0.5, 0.6) is 5.75 Å². The largest absolute Gasteiger partial charge is 0.487 e. The van der Waals surface area contributed by atoms with Crippen molar-refractivity contribution in [2.24, 2.45) is 7.05 Å². The molecule has 0 amide bonds. The van der Waals surface area contributed by atoms with E-state index < -0.39 is 6.10 Å². The van der Waals surface area contributed by atoms with Gasteiger partial charge in [0.15, 0.2) is 0 Å². The van der Waals surface area contributed by atoms with Gasteiger partial charge in [-0.15, -0.1) is 0 Å². The number of pyridine rings is 1. The summed E-state index contributed by atoms with van der Waals surface area (Å²) in [6.45, 7) is 9.23. The molecule has 1 unspecified atom stereocenters. The van der Waals surface area contributed by atoms with Gasteiger partial charge in [-0.25, -0.2) is 0 Å². The zero-order chi connectivity index (χ0) is 28.5. The molecule has 2 rings (SSSR count). The van der Waals surface area contributed by atoms with E-state index >= 15 is 0 Å². The molecule has 0 spiro atoms. The van der Waals surface area contributed by atoms with E-state index in [1.165, 1.54) is 75.2 Å². The molecule has 1 aromatic heterocycles. The van der Waals surface area contributed by atoms with E-state index in [-0.39, 0.29) is 23.7 Å². The molecule has 1 heterocycles. The van der Waals surface area contributed by atoms with Gasteiger partial charge in [0.2, 0.25) is 0 Å². The number of fused-ring (bicyclic) bond motifs is 1. The van der Waals surface area contributed by atoms with Crippen LogP contribution >= 0.6 is 0 Å². The average Bonchev–Trinajstić information content (AvgIpc) is 2.90. The van der Waals surface area contributed by atoms with Crippen LogP contribution in [-0.4, -0.2) is 35.3 Å². The Hall–Kier alpha value is -2.34. The third-order valence-corrected chi connectivity index (χ3v) is 7.12. The lowest BCUT2D eigenvalue weighted by atomic mass is 10.0. The first-order valence-corrected chi connectivity index (χ1v) is 15.4. The number of benzene rings is 1. The molecule has 0 aliphatic rings. The first kappa shape index (κ1) is 32.9. The zero-order valence-corrected chi connectivity index (χ0v) is 25.4. The zero-order valence-electron chi connectivity index (χ0n) is 25.4. The molecule has 0 aliphatic heterocycles. The molecule has 6 nitrogen and oxygen atoms in total. The SMILES string of the molecule is CCCCCCCCCCCCCCCC(=O)OC(CNC(C)(C)C)COc1cn(C)c(=O)c2ccccc12. The maximum absolute atomic E-state index is 12.7. The van der Waals surface area contributed by atoms with Gasteiger partial charge in [-0.1, -0.05) is 102 Å². The minimum Gasteiger partial charge on any atom is -0.487 e. The Bertz CT molecular complexity index is 1020. The standard InChI is InChI=1S/C33H54N2O4/c1-6-7-8-9-10-11-12-13-14-15-16-17-18-23-31(36)39-27(24-34-33(2,3)4)26-38-30-25-35(5)32(37)29-22-20-19-21-28(29)30/h19-22,25,27,34H,6-18,23-24,26H2,1-5H3. The predicted molar refractivity (Wildman–Crippen MR) is 163 cm³/mol. The molecule has 6 heteroatoms. The fourth-order valence-corrected chi connectivity index (χ4v) is 4.76. The Morgan fingerprint density at radius 1 is 0.872 bits per heavy atom. The van der Waals surface area contributed by atoms with Crippen molar-refractivity contribution in [2.45, 2.75) is 129 Å². The Morgan fingerprint density at radius 2 is 1.41 bits per heavy atom. The van der Waals surface area contributed by atoms with Crippen LogP contribution in [0.1, 0.15) is 118 Å². The molecule has 2 aromatic rings. The quantitative estimate of drug-likeness (QED) is 0.137. The van der Waals surface area contributed by atoms with Gasteiger partial charge >= 0.3 is 5.97 Å². The number of carbonyl (C=O) groups is 1. The molecule has 0 fully saturated rings. The number of hydrogen-bond donors (Lipinski definition) is 1. The van der Waals surface area contributed by atoms with E-state index in [1.807, 2.05) is 18.2 Å². The first-order chi connectivity index (χ1) is 18.7. The van der Waals surface area contributed by atoms with Crippen molar-refractivity contribution in [3.63, 3.8) is 0 Å². The van der Waals surface area contributed by atoms with Crippen LogP contribution in [0.2, 0.25) is 0 Å². The van der Waals surface area contributed by atoms with Crippen LogP contribution < -0.4 is 15.6 Å². The van der Waals surface area contributed by atoms with Crippen LogP contribution in [0.25, 0.3) is 10.8 Å². The van der Waals surface area contributed by atoms with Crippen LogP contribution in [0.3, 0.4) is 0 Å². The van der Waals surface area contributed by atoms with E-state index in [9.17, 15) is 9.59 Å². The fraction of sp³-hybridized carbons (Fsp3) is 0.697. The Morgan fingerprint density at radius 3 is 1.97 bits per heavy atom. The number of aryl methyl sites for hydroxylation is 1. The highest BCUT2D eigenvalue weighted by Crippen LogP contribution is 2.23. The summed E-state index contributed by atoms with van der Waals surface area (Å²) in [4.78, 5) is 25.1. The van der Waals surface area contributed by atoms with E-state index in [4.69, 9.17) is 9.47 Å². The van der Waals surface area contributed by atoms with E-state index in [0.29, 0.717) is 24.1 Å². The second-order valence-electron chi connectivity index (χ2n) is 12.0. The summed E-state index contributed by atoms with van der Waals surface area (Å²) in [5, 5.41) is 4.80. The van der Waals surface area contributed by atoms with Crippen LogP contribution in [0.15, 0.2) is 35.3 Å². The number of nitrogens with zero attached hydrogens (tertiary/aromatic N) is 1. The summed E-state index contributed by atoms with van der Waals surface area (Å²) in [7, 11) is 1.72. The predicted octanol–water partition coefficient (Wildman–Crippen LogP) is 7.70. The van der Waals surface area contributed by atoms with E-state index in [1.54, 1.807) is 19.3 Å². The Kier molecular flexibility index (Phi) is 15.2. The highest BCUT2D eigenvalue weighted by Gasteiger charge is 2.20. The van der Waals surface area contributed by atoms with Crippen LogP contribution in [0.4, 0.5) is 0 Å². The highest BCUT2D eigenvalue weighted by atomic mass is 16.6. The fourth-order valence-electron chi connectivity index (χ4n) is 4.76. The molecule has 39 heavy (non-hydrogen) atoms. The van der Waals surface area contributed by atoms with E-state index in [2.05, 4.69) is 33.0 Å². The minimum atomic E-state index is -0.422. The third-order valence-electron chi connectivity index (χ3n) is 7.12. The molecule has 0 aliphatic carbocycles. The molecule has 0 saturated heterocycles. The molecular weight excluding hydrogens is 488 g/mol. The van der Waals surface area contributed by atoms with Gasteiger partial charge in [0.05, 0.1) is 5.39 Å². The maximum Gasteiger partial charge on any atom is 0.306 e. The van der Waals surface area contributed by atoms with Crippen molar-refractivity contribution in [1.82, 2.24) is 9.88 Å². The minimum absolute atomic E-state index is 0.0619. The van der Waals surface area contributed by atoms with Gasteiger partial charge in [-0.05, 0) is 33.3 Å². The number of carbonyl (C=O) groups excluding carboxylic acids is 1. The third kappa shape index (κ3) is 13.5. The van der Waals surface area contributed by atoms with Gasteiger partial charge in [0.1, 0.15) is 18.5 Å². The molecule has 1 aromatic carbocycles. The average molecular weight is 543 g/mol. The normalized spacial score (nSPS) is 12.5. The van der Waals surface area contributed by atoms with Crippen molar-refractivity contribution < 1.29 is 14.3 Å². The smallest absolute Gasteiger partial charge is 0.306 e. The number of nitrogens with one attached hydrogen (secondary N) is 1. The summed E-state index contributed by atoms with van der Waals surface area (Å²) < 4.78 is 13.5. The first-order valence-electron chi connectivity index (χ1n) is 15.4. The number of unbranched alkanes of at least 4 members (excludes halogenated alkanes) is 12. The Labute approximate surface area is 236 Å². The highest BCUT2D eigenvalue weighted by molar-refractivity contribution is 5.87. The lowest BCUT2D eigenvalue weighted by Crippen LogP contribution is -2.44. The number of esters is 1. The van der Waals surface area contributed by atoms with Crippen molar-refractivity contribution >= 4 is 16.7 Å². The molecule has 0 bridgehead atoms. The van der Waals surface area contributed by atoms with Gasteiger partial charge in [0, 0.05) is 37.1 Å². The molecule has 1 atom stereocenters. The lowest BCUT2D eigenvalue weighted by molar-refractivity contribution is -0.150. The Balaban J connectivity index is 1.73. The van der Waals surface area contributed by atoms with Gasteiger partial charge < -0.3 is 19.4 Å². The maximum atomic E-state index is 12.7. The summed E-state index contributed by atoms with van der Waals surface area (Å²) in [6, 6.07) is 7.43. The summed E-state index contributed by atoms with van der Waals surface area (Å²) in [5.74, 6) is 0.439. The second-order valence-corrected chi connectivity index (χ2v) is 12.0. The molecule has 1 N–H and O–H groups in total. The monoisotopic (exact) mass is 542 g/mol. The topological polar surface area (TPSA) is 69.6 Å². The summed E-state index contributed by atoms with van der Waals surface area (Å²) in [5.41, 5.74) is -0.170. The number of rotatable bonds is 20. The van der Waals surface area contributed by atoms with Gasteiger partial charge in [0.25, 0.3) is 5.56 Å². The molecule has 0 radical (unpaired) electrons. The van der Waals surface area contributed by atoms with Crippen molar-refractivity contribution in [3.8, 4) is 5.75 Å².